The smallest absolute Gasteiger partial charge is 0.413 e. The summed E-state index contributed by atoms with van der Waals surface area (Å²) in [6, 6.07) is 10.3. The molecule has 0 spiro atoms. The minimum absolute atomic E-state index is 0.0191. The van der Waals surface area contributed by atoms with Crippen molar-refractivity contribution in [1.82, 2.24) is 9.97 Å². The van der Waals surface area contributed by atoms with Crippen molar-refractivity contribution in [3.05, 3.63) is 42.5 Å². The summed E-state index contributed by atoms with van der Waals surface area (Å²) in [5.74, 6) is 0.771. The molecule has 1 amide bonds. The number of hydrogen-bond donors (Lipinski definition) is 2. The third kappa shape index (κ3) is 5.15. The number of H-pyrrole nitrogens is 1. The molecule has 3 aromatic rings. The van der Waals surface area contributed by atoms with Gasteiger partial charge in [-0.15, -0.1) is 0 Å². The minimum Gasteiger partial charge on any atom is -0.491 e. The van der Waals surface area contributed by atoms with E-state index in [4.69, 9.17) is 13.7 Å². The highest BCUT2D eigenvalue weighted by Crippen LogP contribution is 2.25. The third-order valence-electron chi connectivity index (χ3n) is 3.73. The molecule has 154 valence electrons. The number of fused-ring (bicyclic) bond motifs is 1. The number of carbonyl (C=O) groups excluding carboxylic acids is 1. The Morgan fingerprint density at radius 2 is 1.79 bits per heavy atom. The summed E-state index contributed by atoms with van der Waals surface area (Å²) in [6.45, 7) is 0.784. The summed E-state index contributed by atoms with van der Waals surface area (Å²) in [4.78, 5) is 18.2. The Hall–Kier alpha value is -3.31. The van der Waals surface area contributed by atoms with Crippen LogP contribution in [0.2, 0.25) is 0 Å². The van der Waals surface area contributed by atoms with Crippen molar-refractivity contribution in [2.75, 3.05) is 32.8 Å². The molecule has 0 aliphatic carbocycles. The molecule has 0 unspecified atom stereocenters. The van der Waals surface area contributed by atoms with Gasteiger partial charge in [0.2, 0.25) is 5.95 Å². The van der Waals surface area contributed by atoms with Crippen molar-refractivity contribution >= 4 is 33.2 Å². The highest BCUT2D eigenvalue weighted by atomic mass is 32.2. The number of methoxy groups -OCH3 is 2. The van der Waals surface area contributed by atoms with Crippen molar-refractivity contribution in [2.45, 2.75) is 4.90 Å². The Morgan fingerprint density at radius 3 is 2.48 bits per heavy atom. The molecule has 0 fully saturated rings. The molecule has 0 radical (unpaired) electrons. The average molecular weight is 421 g/mol. The molecule has 2 aromatic carbocycles. The predicted octanol–water partition coefficient (Wildman–Crippen LogP) is 2.53. The molecule has 0 aliphatic heterocycles. The molecule has 1 aromatic heterocycles. The highest BCUT2D eigenvalue weighted by Gasteiger charge is 2.17. The summed E-state index contributed by atoms with van der Waals surface area (Å²) in [5, 5.41) is 2.39. The quantitative estimate of drug-likeness (QED) is 0.419. The van der Waals surface area contributed by atoms with Crippen LogP contribution in [0, 0.1) is 0 Å². The molecule has 29 heavy (non-hydrogen) atoms. The molecule has 3 rings (SSSR count). The lowest BCUT2D eigenvalue weighted by Crippen LogP contribution is -2.11. The molecule has 0 saturated heterocycles. The van der Waals surface area contributed by atoms with Gasteiger partial charge >= 0.3 is 16.2 Å². The zero-order chi connectivity index (χ0) is 20.9. The van der Waals surface area contributed by atoms with Crippen LogP contribution in [-0.2, 0) is 19.6 Å². The zero-order valence-electron chi connectivity index (χ0n) is 15.7. The normalized spacial score (nSPS) is 11.2. The summed E-state index contributed by atoms with van der Waals surface area (Å²) >= 11 is 0. The minimum atomic E-state index is -4.04. The van der Waals surface area contributed by atoms with Crippen LogP contribution in [0.3, 0.4) is 0 Å². The highest BCUT2D eigenvalue weighted by molar-refractivity contribution is 7.87. The maximum Gasteiger partial charge on any atom is 0.413 e. The number of aromatic nitrogens is 2. The van der Waals surface area contributed by atoms with Crippen LogP contribution in [0.15, 0.2) is 47.4 Å². The Bertz CT molecular complexity index is 1090. The first-order chi connectivity index (χ1) is 13.9. The summed E-state index contributed by atoms with van der Waals surface area (Å²) in [7, 11) is -1.25. The fourth-order valence-electron chi connectivity index (χ4n) is 2.37. The fourth-order valence-corrected chi connectivity index (χ4v) is 3.29. The molecule has 2 N–H and O–H groups in total. The second kappa shape index (κ2) is 8.80. The lowest BCUT2D eigenvalue weighted by molar-refractivity contribution is 0.146. The van der Waals surface area contributed by atoms with Gasteiger partial charge in [0, 0.05) is 13.2 Å². The Labute approximate surface area is 166 Å². The molecule has 0 atom stereocenters. The van der Waals surface area contributed by atoms with Gasteiger partial charge in [-0.25, -0.2) is 9.78 Å². The van der Waals surface area contributed by atoms with Gasteiger partial charge in [-0.2, -0.15) is 8.42 Å². The number of anilines is 1. The van der Waals surface area contributed by atoms with Crippen LogP contribution in [0.25, 0.3) is 11.0 Å². The monoisotopic (exact) mass is 421 g/mol. The Balaban J connectivity index is 1.73. The van der Waals surface area contributed by atoms with Gasteiger partial charge in [0.1, 0.15) is 23.0 Å². The number of amides is 1. The van der Waals surface area contributed by atoms with Crippen molar-refractivity contribution in [2.24, 2.45) is 0 Å². The van der Waals surface area contributed by atoms with Gasteiger partial charge in [-0.3, -0.25) is 5.32 Å². The zero-order valence-corrected chi connectivity index (χ0v) is 16.5. The van der Waals surface area contributed by atoms with Crippen LogP contribution in [0.1, 0.15) is 0 Å². The lowest BCUT2D eigenvalue weighted by Gasteiger charge is -2.09. The number of nitrogens with one attached hydrogen (secondary N) is 2. The van der Waals surface area contributed by atoms with Crippen molar-refractivity contribution in [3.8, 4) is 11.5 Å². The second-order valence-corrected chi connectivity index (χ2v) is 7.28. The number of benzene rings is 2. The number of nitrogens with zero attached hydrogens (tertiary/aromatic N) is 1. The maximum absolute atomic E-state index is 12.5. The summed E-state index contributed by atoms with van der Waals surface area (Å²) in [5.41, 5.74) is 0.990. The van der Waals surface area contributed by atoms with Crippen LogP contribution in [0.5, 0.6) is 11.5 Å². The molecule has 1 heterocycles. The van der Waals surface area contributed by atoms with Crippen molar-refractivity contribution in [1.29, 1.82) is 0 Å². The number of hydrogen-bond acceptors (Lipinski definition) is 8. The average Bonchev–Trinajstić information content (AvgIpc) is 3.09. The topological polar surface area (TPSA) is 129 Å². The summed E-state index contributed by atoms with van der Waals surface area (Å²) in [6.07, 6.45) is -0.683. The van der Waals surface area contributed by atoms with Gasteiger partial charge < -0.3 is 23.4 Å². The van der Waals surface area contributed by atoms with E-state index in [1.807, 2.05) is 0 Å². The van der Waals surface area contributed by atoms with E-state index < -0.39 is 16.2 Å². The van der Waals surface area contributed by atoms with E-state index in [1.54, 1.807) is 13.2 Å². The Morgan fingerprint density at radius 1 is 1.07 bits per heavy atom. The van der Waals surface area contributed by atoms with Crippen molar-refractivity contribution in [3.63, 3.8) is 0 Å². The van der Waals surface area contributed by atoms with Crippen LogP contribution < -0.4 is 14.2 Å². The second-order valence-electron chi connectivity index (χ2n) is 5.73. The van der Waals surface area contributed by atoms with Crippen molar-refractivity contribution < 1.29 is 31.6 Å². The molecular weight excluding hydrogens is 402 g/mol. The molecular formula is C18H19N3O7S. The Kier molecular flexibility index (Phi) is 6.20. The van der Waals surface area contributed by atoms with E-state index in [2.05, 4.69) is 20.0 Å². The van der Waals surface area contributed by atoms with Crippen LogP contribution >= 0.6 is 0 Å². The van der Waals surface area contributed by atoms with Crippen LogP contribution in [-0.4, -0.2) is 51.9 Å². The first kappa shape index (κ1) is 20.4. The van der Waals surface area contributed by atoms with Gasteiger partial charge in [-0.1, -0.05) is 0 Å². The molecule has 0 bridgehead atoms. The number of aromatic amines is 1. The van der Waals surface area contributed by atoms with E-state index in [1.165, 1.54) is 43.5 Å². The van der Waals surface area contributed by atoms with Crippen LogP contribution in [0.4, 0.5) is 10.7 Å². The van der Waals surface area contributed by atoms with Gasteiger partial charge in [0.15, 0.2) is 0 Å². The van der Waals surface area contributed by atoms with Gasteiger partial charge in [0.25, 0.3) is 0 Å². The number of imidazole rings is 1. The third-order valence-corrected chi connectivity index (χ3v) is 5.00. The first-order valence-corrected chi connectivity index (χ1v) is 9.83. The molecule has 0 aliphatic rings. The standard InChI is InChI=1S/C18H19N3O7S/c1-25-9-10-27-12-3-6-14(7-4-12)29(23,24)28-13-5-8-15-16(11-13)20-17(19-15)21-18(22)26-2/h3-8,11H,9-10H2,1-2H3,(H2,19,20,21,22). The number of rotatable bonds is 8. The molecule has 10 nitrogen and oxygen atoms in total. The van der Waals surface area contributed by atoms with E-state index in [0.29, 0.717) is 30.0 Å². The number of carbonyl (C=O) groups is 1. The lowest BCUT2D eigenvalue weighted by atomic mass is 10.3. The van der Waals surface area contributed by atoms with E-state index >= 15 is 0 Å². The van der Waals surface area contributed by atoms with E-state index in [9.17, 15) is 13.2 Å². The number of ether oxygens (including phenoxy) is 3. The maximum atomic E-state index is 12.5. The molecule has 0 saturated carbocycles. The molecule has 11 heteroatoms. The largest absolute Gasteiger partial charge is 0.491 e. The summed E-state index contributed by atoms with van der Waals surface area (Å²) < 4.78 is 45.0. The van der Waals surface area contributed by atoms with E-state index in [-0.39, 0.29) is 16.6 Å². The fraction of sp³-hybridized carbons (Fsp3) is 0.222. The van der Waals surface area contributed by atoms with Gasteiger partial charge in [-0.05, 0) is 36.4 Å². The van der Waals surface area contributed by atoms with Gasteiger partial charge in [0.05, 0.1) is 24.8 Å². The predicted molar refractivity (Wildman–Crippen MR) is 104 cm³/mol. The first-order valence-electron chi connectivity index (χ1n) is 8.42. The SMILES string of the molecule is COCCOc1ccc(S(=O)(=O)Oc2ccc3nc(NC(=O)OC)[nH]c3c2)cc1. The van der Waals surface area contributed by atoms with E-state index in [0.717, 1.165) is 0 Å².